The molecule has 0 radical (unpaired) electrons. The Bertz CT molecular complexity index is 1120. The molecule has 0 aliphatic carbocycles. The molecule has 4 rings (SSSR count). The molecule has 6 nitrogen and oxygen atoms in total. The van der Waals surface area contributed by atoms with E-state index in [0.717, 1.165) is 22.9 Å². The molecule has 3 aromatic rings. The Labute approximate surface area is 182 Å². The lowest BCUT2D eigenvalue weighted by molar-refractivity contribution is 0.0223. The summed E-state index contributed by atoms with van der Waals surface area (Å²) in [5, 5.41) is 1.16. The van der Waals surface area contributed by atoms with Gasteiger partial charge in [-0.15, -0.1) is 0 Å². The number of methoxy groups -OCH3 is 1. The molecule has 0 N–H and O–H groups in total. The summed E-state index contributed by atoms with van der Waals surface area (Å²) < 4.78 is 12.7. The van der Waals surface area contributed by atoms with Gasteiger partial charge >= 0.3 is 12.1 Å². The van der Waals surface area contributed by atoms with Crippen LogP contribution in [0.3, 0.4) is 0 Å². The van der Waals surface area contributed by atoms with E-state index >= 15 is 0 Å². The molecule has 31 heavy (non-hydrogen) atoms. The summed E-state index contributed by atoms with van der Waals surface area (Å²) in [7, 11) is 1.38. The maximum atomic E-state index is 12.6. The largest absolute Gasteiger partial charge is 0.465 e. The van der Waals surface area contributed by atoms with Crippen LogP contribution in [0.2, 0.25) is 0 Å². The third-order valence-corrected chi connectivity index (χ3v) is 5.53. The van der Waals surface area contributed by atoms with Crippen molar-refractivity contribution < 1.29 is 19.1 Å². The van der Waals surface area contributed by atoms with Crippen molar-refractivity contribution >= 4 is 23.0 Å². The van der Waals surface area contributed by atoms with Crippen molar-refractivity contribution in [3.05, 3.63) is 70.9 Å². The normalized spacial score (nSPS) is 13.7. The number of carbonyl (C=O) groups excluding carboxylic acids is 2. The lowest BCUT2D eigenvalue weighted by Crippen LogP contribution is -2.40. The van der Waals surface area contributed by atoms with Crippen LogP contribution in [0, 0.1) is 0 Å². The number of rotatable bonds is 3. The van der Waals surface area contributed by atoms with Crippen LogP contribution in [0.15, 0.2) is 48.5 Å². The molecule has 0 bridgehead atoms. The second-order valence-electron chi connectivity index (χ2n) is 8.87. The predicted octanol–water partition coefficient (Wildman–Crippen LogP) is 4.77. The van der Waals surface area contributed by atoms with Crippen molar-refractivity contribution in [3.63, 3.8) is 0 Å². The molecule has 0 unspecified atom stereocenters. The minimum absolute atomic E-state index is 0.270. The second kappa shape index (κ2) is 8.10. The molecule has 162 valence electrons. The third kappa shape index (κ3) is 4.29. The predicted molar refractivity (Wildman–Crippen MR) is 119 cm³/mol. The van der Waals surface area contributed by atoms with Crippen LogP contribution < -0.4 is 0 Å². The second-order valence-corrected chi connectivity index (χ2v) is 8.87. The highest BCUT2D eigenvalue weighted by molar-refractivity contribution is 5.89. The molecular formula is C25H28N2O4. The molecule has 0 saturated carbocycles. The molecule has 0 spiro atoms. The van der Waals surface area contributed by atoms with Gasteiger partial charge in [-0.25, -0.2) is 9.59 Å². The van der Waals surface area contributed by atoms with Crippen molar-refractivity contribution in [2.45, 2.75) is 45.9 Å². The lowest BCUT2D eigenvalue weighted by Gasteiger charge is -2.30. The zero-order chi connectivity index (χ0) is 22.2. The molecule has 2 aromatic carbocycles. The van der Waals surface area contributed by atoms with Gasteiger partial charge in [0.15, 0.2) is 0 Å². The summed E-state index contributed by atoms with van der Waals surface area (Å²) in [5.41, 5.74) is 4.71. The van der Waals surface area contributed by atoms with E-state index in [1.54, 1.807) is 17.0 Å². The van der Waals surface area contributed by atoms with E-state index < -0.39 is 5.60 Å². The van der Waals surface area contributed by atoms with E-state index in [1.807, 2.05) is 45.0 Å². The Morgan fingerprint density at radius 2 is 1.74 bits per heavy atom. The Hall–Kier alpha value is -3.28. The van der Waals surface area contributed by atoms with E-state index in [-0.39, 0.29) is 12.1 Å². The number of ether oxygens (including phenoxy) is 2. The highest BCUT2D eigenvalue weighted by Gasteiger charge is 2.29. The molecule has 1 aliphatic rings. The Morgan fingerprint density at radius 3 is 2.42 bits per heavy atom. The minimum Gasteiger partial charge on any atom is -0.465 e. The first-order chi connectivity index (χ1) is 14.8. The van der Waals surface area contributed by atoms with E-state index in [2.05, 4.69) is 16.7 Å². The van der Waals surface area contributed by atoms with Gasteiger partial charge in [0.1, 0.15) is 5.60 Å². The first-order valence-corrected chi connectivity index (χ1v) is 10.5. The molecule has 0 atom stereocenters. The standard InChI is InChI=1S/C25H28N2O4/c1-25(2,3)31-24(29)26-14-13-22-20(16-26)19-7-5-6-8-21(19)27(22)15-17-9-11-18(12-10-17)23(28)30-4/h5-12H,13-16H2,1-4H3. The van der Waals surface area contributed by atoms with Crippen molar-refractivity contribution in [1.29, 1.82) is 0 Å². The number of carbonyl (C=O) groups is 2. The fraction of sp³-hybridized carbons (Fsp3) is 0.360. The van der Waals surface area contributed by atoms with Gasteiger partial charge in [-0.1, -0.05) is 30.3 Å². The summed E-state index contributed by atoms with van der Waals surface area (Å²) in [5.74, 6) is -0.336. The number of para-hydroxylation sites is 1. The van der Waals surface area contributed by atoms with Crippen LogP contribution in [0.4, 0.5) is 4.79 Å². The Balaban J connectivity index is 1.65. The Morgan fingerprint density at radius 1 is 1.03 bits per heavy atom. The third-order valence-electron chi connectivity index (χ3n) is 5.53. The summed E-state index contributed by atoms with van der Waals surface area (Å²) in [6.45, 7) is 7.52. The number of amides is 1. The van der Waals surface area contributed by atoms with E-state index in [9.17, 15) is 9.59 Å². The lowest BCUT2D eigenvalue weighted by atomic mass is 10.0. The summed E-state index contributed by atoms with van der Waals surface area (Å²) >= 11 is 0. The van der Waals surface area contributed by atoms with Crippen molar-refractivity contribution in [3.8, 4) is 0 Å². The van der Waals surface area contributed by atoms with Gasteiger partial charge in [0.2, 0.25) is 0 Å². The smallest absolute Gasteiger partial charge is 0.410 e. The van der Waals surface area contributed by atoms with E-state index in [1.165, 1.54) is 18.4 Å². The molecule has 6 heteroatoms. The highest BCUT2D eigenvalue weighted by atomic mass is 16.6. The van der Waals surface area contributed by atoms with Crippen molar-refractivity contribution in [2.75, 3.05) is 13.7 Å². The molecule has 0 saturated heterocycles. The van der Waals surface area contributed by atoms with E-state index in [4.69, 9.17) is 9.47 Å². The fourth-order valence-electron chi connectivity index (χ4n) is 4.11. The number of benzene rings is 2. The van der Waals surface area contributed by atoms with Gasteiger partial charge in [0, 0.05) is 41.7 Å². The number of aromatic nitrogens is 1. The van der Waals surface area contributed by atoms with Crippen molar-refractivity contribution in [1.82, 2.24) is 9.47 Å². The van der Waals surface area contributed by atoms with Crippen LogP contribution in [-0.4, -0.2) is 40.8 Å². The van der Waals surface area contributed by atoms with Crippen molar-refractivity contribution in [2.24, 2.45) is 0 Å². The Kier molecular flexibility index (Phi) is 5.48. The first-order valence-electron chi connectivity index (χ1n) is 10.5. The molecule has 1 aromatic heterocycles. The minimum atomic E-state index is -0.512. The maximum Gasteiger partial charge on any atom is 0.410 e. The molecule has 1 aliphatic heterocycles. The number of hydrogen-bond acceptors (Lipinski definition) is 4. The first kappa shape index (κ1) is 21.0. The van der Waals surface area contributed by atoms with Gasteiger partial charge in [-0.3, -0.25) is 0 Å². The number of hydrogen-bond donors (Lipinski definition) is 0. The monoisotopic (exact) mass is 420 g/mol. The molecule has 1 amide bonds. The van der Waals surface area contributed by atoms with Gasteiger partial charge in [-0.2, -0.15) is 0 Å². The number of nitrogens with zero attached hydrogens (tertiary/aromatic N) is 2. The SMILES string of the molecule is COC(=O)c1ccc(Cn2c3c(c4ccccc42)CN(C(=O)OC(C)(C)C)CC3)cc1. The van der Waals surface area contributed by atoms with E-state index in [0.29, 0.717) is 25.2 Å². The zero-order valence-corrected chi connectivity index (χ0v) is 18.5. The van der Waals surface area contributed by atoms with Crippen LogP contribution >= 0.6 is 0 Å². The highest BCUT2D eigenvalue weighted by Crippen LogP contribution is 2.32. The average Bonchev–Trinajstić information content (AvgIpc) is 3.06. The molecular weight excluding hydrogens is 392 g/mol. The van der Waals surface area contributed by atoms with Crippen LogP contribution in [0.25, 0.3) is 10.9 Å². The van der Waals surface area contributed by atoms with Gasteiger partial charge in [-0.05, 0) is 44.5 Å². The van der Waals surface area contributed by atoms with Crippen LogP contribution in [0.1, 0.15) is 48.0 Å². The average molecular weight is 421 g/mol. The number of esters is 1. The quantitative estimate of drug-likeness (QED) is 0.573. The van der Waals surface area contributed by atoms with Gasteiger partial charge in [0.25, 0.3) is 0 Å². The molecule has 2 heterocycles. The van der Waals surface area contributed by atoms with Gasteiger partial charge < -0.3 is 18.9 Å². The summed E-state index contributed by atoms with van der Waals surface area (Å²) in [6.07, 6.45) is 0.497. The summed E-state index contributed by atoms with van der Waals surface area (Å²) in [6, 6.07) is 15.8. The fourth-order valence-corrected chi connectivity index (χ4v) is 4.11. The maximum absolute atomic E-state index is 12.6. The van der Waals surface area contributed by atoms with Gasteiger partial charge in [0.05, 0.1) is 19.2 Å². The van der Waals surface area contributed by atoms with Crippen LogP contribution in [0.5, 0.6) is 0 Å². The zero-order valence-electron chi connectivity index (χ0n) is 18.5. The topological polar surface area (TPSA) is 60.8 Å². The molecule has 0 fully saturated rings. The summed E-state index contributed by atoms with van der Waals surface area (Å²) in [4.78, 5) is 26.1. The number of fused-ring (bicyclic) bond motifs is 3. The van der Waals surface area contributed by atoms with Crippen LogP contribution in [-0.2, 0) is 29.0 Å².